The molecule has 29 heavy (non-hydrogen) atoms. The Hall–Kier alpha value is -2.69. The van der Waals surface area contributed by atoms with Crippen LogP contribution in [-0.4, -0.2) is 25.4 Å². The lowest BCUT2D eigenvalue weighted by Gasteiger charge is -2.16. The number of nitrogens with one attached hydrogen (secondary N) is 2. The molecule has 1 unspecified atom stereocenters. The summed E-state index contributed by atoms with van der Waals surface area (Å²) in [5.74, 6) is -1.50. The summed E-state index contributed by atoms with van der Waals surface area (Å²) < 4.78 is 53.2. The summed E-state index contributed by atoms with van der Waals surface area (Å²) in [6, 6.07) is 9.03. The number of aromatic nitrogens is 1. The number of halogens is 2. The molecule has 0 spiro atoms. The van der Waals surface area contributed by atoms with Gasteiger partial charge in [0, 0.05) is 10.9 Å². The number of amides is 1. The minimum absolute atomic E-state index is 0.141. The maximum absolute atomic E-state index is 13.0. The average Bonchev–Trinajstić information content (AvgIpc) is 3.15. The van der Waals surface area contributed by atoms with E-state index < -0.39 is 27.8 Å². The van der Waals surface area contributed by atoms with Gasteiger partial charge in [0.15, 0.2) is 5.13 Å². The van der Waals surface area contributed by atoms with Crippen molar-refractivity contribution in [3.63, 3.8) is 0 Å². The van der Waals surface area contributed by atoms with Crippen LogP contribution in [-0.2, 0) is 14.8 Å². The highest BCUT2D eigenvalue weighted by Gasteiger charge is 2.25. The lowest BCUT2D eigenvalue weighted by atomic mass is 10.2. The van der Waals surface area contributed by atoms with Gasteiger partial charge in [0.1, 0.15) is 17.7 Å². The van der Waals surface area contributed by atoms with Crippen LogP contribution in [0.4, 0.5) is 13.9 Å². The van der Waals surface area contributed by atoms with Crippen LogP contribution in [0.15, 0.2) is 58.8 Å². The predicted octanol–water partition coefficient (Wildman–Crippen LogP) is 3.78. The van der Waals surface area contributed by atoms with E-state index in [9.17, 15) is 22.0 Å². The Balaban J connectivity index is 1.70. The molecule has 6 nitrogen and oxygen atoms in total. The van der Waals surface area contributed by atoms with Crippen LogP contribution in [0.2, 0.25) is 0 Å². The summed E-state index contributed by atoms with van der Waals surface area (Å²) in [7, 11) is -4.00. The second-order valence-electron chi connectivity index (χ2n) is 6.07. The molecule has 1 amide bonds. The van der Waals surface area contributed by atoms with Crippen molar-refractivity contribution >= 4 is 32.4 Å². The number of rotatable bonds is 7. The molecule has 1 atom stereocenters. The van der Waals surface area contributed by atoms with Gasteiger partial charge in [-0.05, 0) is 55.0 Å². The Morgan fingerprint density at radius 2 is 1.66 bits per heavy atom. The van der Waals surface area contributed by atoms with Crippen LogP contribution in [0.25, 0.3) is 11.3 Å². The van der Waals surface area contributed by atoms with Crippen molar-refractivity contribution in [3.8, 4) is 11.3 Å². The first-order valence-corrected chi connectivity index (χ1v) is 10.9. The van der Waals surface area contributed by atoms with E-state index in [0.29, 0.717) is 11.3 Å². The van der Waals surface area contributed by atoms with E-state index in [2.05, 4.69) is 15.0 Å². The molecule has 10 heteroatoms. The minimum Gasteiger partial charge on any atom is -0.301 e. The van der Waals surface area contributed by atoms with Crippen LogP contribution >= 0.6 is 11.3 Å². The zero-order chi connectivity index (χ0) is 21.0. The van der Waals surface area contributed by atoms with Gasteiger partial charge >= 0.3 is 0 Å². The Morgan fingerprint density at radius 3 is 2.24 bits per heavy atom. The second kappa shape index (κ2) is 8.76. The molecule has 0 saturated carbocycles. The average molecular weight is 437 g/mol. The van der Waals surface area contributed by atoms with Crippen molar-refractivity contribution in [2.75, 3.05) is 5.32 Å². The summed E-state index contributed by atoms with van der Waals surface area (Å²) in [5.41, 5.74) is 1.25. The fraction of sp³-hybridized carbons (Fsp3) is 0.158. The third kappa shape index (κ3) is 5.22. The molecule has 2 N–H and O–H groups in total. The normalized spacial score (nSPS) is 12.5. The number of hydrogen-bond donors (Lipinski definition) is 2. The highest BCUT2D eigenvalue weighted by atomic mass is 32.2. The highest BCUT2D eigenvalue weighted by Crippen LogP contribution is 2.25. The first-order chi connectivity index (χ1) is 13.8. The summed E-state index contributed by atoms with van der Waals surface area (Å²) in [6.45, 7) is 1.66. The van der Waals surface area contributed by atoms with Crippen LogP contribution in [0, 0.1) is 11.6 Å². The van der Waals surface area contributed by atoms with Crippen molar-refractivity contribution < 1.29 is 22.0 Å². The van der Waals surface area contributed by atoms with Crippen LogP contribution in [0.1, 0.15) is 13.3 Å². The number of benzene rings is 2. The van der Waals surface area contributed by atoms with Crippen LogP contribution in [0.5, 0.6) is 0 Å². The number of sulfonamides is 1. The Morgan fingerprint density at radius 1 is 1.07 bits per heavy atom. The third-order valence-electron chi connectivity index (χ3n) is 4.02. The Kier molecular flexibility index (Phi) is 6.36. The molecule has 2 aromatic carbocycles. The quantitative estimate of drug-likeness (QED) is 0.589. The standard InChI is InChI=1S/C19H17F2N3O3S2/c1-2-16(24-29(26,27)15-9-7-14(21)8-10-15)18(25)23-19-22-17(11-28-19)12-3-5-13(20)6-4-12/h3-11,16,24H,2H2,1H3,(H,22,23,25). The van der Waals surface area contributed by atoms with E-state index in [1.807, 2.05) is 0 Å². The zero-order valence-corrected chi connectivity index (χ0v) is 16.9. The van der Waals surface area contributed by atoms with Gasteiger partial charge in [-0.3, -0.25) is 4.79 Å². The van der Waals surface area contributed by atoms with Gasteiger partial charge in [-0.2, -0.15) is 4.72 Å². The van der Waals surface area contributed by atoms with E-state index in [1.54, 1.807) is 24.4 Å². The SMILES string of the molecule is CCC(NS(=O)(=O)c1ccc(F)cc1)C(=O)Nc1nc(-c2ccc(F)cc2)cs1. The van der Waals surface area contributed by atoms with Gasteiger partial charge in [0.05, 0.1) is 10.6 Å². The van der Waals surface area contributed by atoms with E-state index in [0.717, 1.165) is 24.3 Å². The summed E-state index contributed by atoms with van der Waals surface area (Å²) in [6.07, 6.45) is 0.197. The molecule has 0 aliphatic heterocycles. The molecule has 0 radical (unpaired) electrons. The molecule has 0 bridgehead atoms. The molecule has 152 valence electrons. The van der Waals surface area contributed by atoms with Gasteiger partial charge in [0.25, 0.3) is 0 Å². The number of carbonyl (C=O) groups excluding carboxylic acids is 1. The molecule has 0 aliphatic rings. The number of nitrogens with zero attached hydrogens (tertiary/aromatic N) is 1. The number of hydrogen-bond acceptors (Lipinski definition) is 5. The maximum Gasteiger partial charge on any atom is 0.244 e. The molecule has 1 aromatic heterocycles. The lowest BCUT2D eigenvalue weighted by molar-refractivity contribution is -0.117. The fourth-order valence-electron chi connectivity index (χ4n) is 2.47. The van der Waals surface area contributed by atoms with Gasteiger partial charge in [-0.1, -0.05) is 6.92 Å². The fourth-order valence-corrected chi connectivity index (χ4v) is 4.47. The van der Waals surface area contributed by atoms with Gasteiger partial charge < -0.3 is 5.32 Å². The molecule has 0 fully saturated rings. The van der Waals surface area contributed by atoms with Crippen LogP contribution < -0.4 is 10.0 Å². The molecule has 3 aromatic rings. The van der Waals surface area contributed by atoms with Crippen molar-refractivity contribution in [1.29, 1.82) is 0 Å². The van der Waals surface area contributed by atoms with E-state index in [-0.39, 0.29) is 22.3 Å². The molecule has 0 aliphatic carbocycles. The highest BCUT2D eigenvalue weighted by molar-refractivity contribution is 7.89. The molecular weight excluding hydrogens is 420 g/mol. The van der Waals surface area contributed by atoms with Crippen molar-refractivity contribution in [2.45, 2.75) is 24.3 Å². The maximum atomic E-state index is 13.0. The zero-order valence-electron chi connectivity index (χ0n) is 15.2. The van der Waals surface area contributed by atoms with Gasteiger partial charge in [0.2, 0.25) is 15.9 Å². The van der Waals surface area contributed by atoms with Gasteiger partial charge in [-0.15, -0.1) is 11.3 Å². The molecular formula is C19H17F2N3O3S2. The predicted molar refractivity (Wildman–Crippen MR) is 107 cm³/mol. The largest absolute Gasteiger partial charge is 0.301 e. The smallest absolute Gasteiger partial charge is 0.244 e. The van der Waals surface area contributed by atoms with E-state index in [1.165, 1.54) is 23.5 Å². The number of thiazole rings is 1. The topological polar surface area (TPSA) is 88.2 Å². The summed E-state index contributed by atoms with van der Waals surface area (Å²) in [4.78, 5) is 16.7. The molecule has 3 rings (SSSR count). The number of anilines is 1. The monoisotopic (exact) mass is 437 g/mol. The lowest BCUT2D eigenvalue weighted by Crippen LogP contribution is -2.43. The van der Waals surface area contributed by atoms with Crippen molar-refractivity contribution in [2.24, 2.45) is 0 Å². The Labute approximate surface area is 170 Å². The van der Waals surface area contributed by atoms with Crippen LogP contribution in [0.3, 0.4) is 0 Å². The molecule has 0 saturated heterocycles. The second-order valence-corrected chi connectivity index (χ2v) is 8.64. The number of carbonyl (C=O) groups is 1. The first kappa shape index (κ1) is 21.0. The first-order valence-electron chi connectivity index (χ1n) is 8.58. The Bertz CT molecular complexity index is 1100. The minimum atomic E-state index is -4.00. The van der Waals surface area contributed by atoms with E-state index >= 15 is 0 Å². The third-order valence-corrected chi connectivity index (χ3v) is 6.27. The van der Waals surface area contributed by atoms with Crippen molar-refractivity contribution in [1.82, 2.24) is 9.71 Å². The summed E-state index contributed by atoms with van der Waals surface area (Å²) in [5, 5.41) is 4.57. The van der Waals surface area contributed by atoms with Crippen molar-refractivity contribution in [3.05, 3.63) is 65.5 Å². The van der Waals surface area contributed by atoms with E-state index in [4.69, 9.17) is 0 Å². The molecule has 1 heterocycles. The van der Waals surface area contributed by atoms with Gasteiger partial charge in [-0.25, -0.2) is 22.2 Å². The summed E-state index contributed by atoms with van der Waals surface area (Å²) >= 11 is 1.17.